The molecular weight excluding hydrogens is 292 g/mol. The molecule has 0 radical (unpaired) electrons. The third kappa shape index (κ3) is 4.58. The molecule has 0 amide bonds. The fourth-order valence-electron chi connectivity index (χ4n) is 2.96. The summed E-state index contributed by atoms with van der Waals surface area (Å²) in [6.07, 6.45) is 5.73. The molecule has 21 heavy (non-hydrogen) atoms. The van der Waals surface area contributed by atoms with Crippen LogP contribution in [0, 0.1) is 17.6 Å². The summed E-state index contributed by atoms with van der Waals surface area (Å²) in [5, 5.41) is 3.45. The normalized spacial score (nSPS) is 18.8. The summed E-state index contributed by atoms with van der Waals surface area (Å²) in [4.78, 5) is 0.109. The minimum Gasteiger partial charge on any atom is -0.313 e. The van der Waals surface area contributed by atoms with E-state index >= 15 is 0 Å². The van der Waals surface area contributed by atoms with Gasteiger partial charge in [0.25, 0.3) is 0 Å². The van der Waals surface area contributed by atoms with Gasteiger partial charge in [0.05, 0.1) is 15.7 Å². The molecule has 1 saturated carbocycles. The minimum absolute atomic E-state index is 0.109. The molecule has 0 saturated heterocycles. The van der Waals surface area contributed by atoms with Crippen molar-refractivity contribution in [1.29, 1.82) is 0 Å². The van der Waals surface area contributed by atoms with Gasteiger partial charge in [-0.25, -0.2) is 8.78 Å². The van der Waals surface area contributed by atoms with Crippen molar-refractivity contribution in [2.45, 2.75) is 50.0 Å². The third-order valence-corrected chi connectivity index (χ3v) is 5.58. The van der Waals surface area contributed by atoms with Crippen molar-refractivity contribution < 1.29 is 13.0 Å². The Labute approximate surface area is 127 Å². The highest BCUT2D eigenvalue weighted by Crippen LogP contribution is 2.29. The summed E-state index contributed by atoms with van der Waals surface area (Å²) in [5.74, 6) is -0.435. The van der Waals surface area contributed by atoms with Gasteiger partial charge in [-0.15, -0.1) is 0 Å². The zero-order valence-corrected chi connectivity index (χ0v) is 13.2. The van der Waals surface area contributed by atoms with Gasteiger partial charge in [0.15, 0.2) is 0 Å². The van der Waals surface area contributed by atoms with E-state index in [2.05, 4.69) is 12.2 Å². The predicted octanol–water partition coefficient (Wildman–Crippen LogP) is 3.63. The second-order valence-electron chi connectivity index (χ2n) is 5.69. The molecule has 0 aromatic heterocycles. The summed E-state index contributed by atoms with van der Waals surface area (Å²) in [5.41, 5.74) is 0. The molecule has 1 aliphatic rings. The van der Waals surface area contributed by atoms with Crippen LogP contribution in [0.3, 0.4) is 0 Å². The van der Waals surface area contributed by atoms with Gasteiger partial charge in [0.1, 0.15) is 11.6 Å². The number of rotatable bonds is 7. The molecule has 1 N–H and O–H groups in total. The Hall–Kier alpha value is -0.810. The average molecular weight is 315 g/mol. The lowest BCUT2D eigenvalue weighted by Crippen LogP contribution is -2.40. The van der Waals surface area contributed by atoms with E-state index in [1.807, 2.05) is 0 Å². The number of benzene rings is 1. The second kappa shape index (κ2) is 7.99. The molecule has 1 fully saturated rings. The molecule has 2 atom stereocenters. The van der Waals surface area contributed by atoms with Crippen molar-refractivity contribution >= 4 is 10.8 Å². The van der Waals surface area contributed by atoms with E-state index in [0.717, 1.165) is 31.9 Å². The van der Waals surface area contributed by atoms with Gasteiger partial charge in [-0.05, 0) is 43.9 Å². The van der Waals surface area contributed by atoms with Crippen LogP contribution in [0.2, 0.25) is 0 Å². The quantitative estimate of drug-likeness (QED) is 0.832. The summed E-state index contributed by atoms with van der Waals surface area (Å²) >= 11 is 0. The van der Waals surface area contributed by atoms with Crippen molar-refractivity contribution in [2.75, 3.05) is 12.3 Å². The van der Waals surface area contributed by atoms with E-state index < -0.39 is 22.4 Å². The van der Waals surface area contributed by atoms with Crippen LogP contribution in [0.1, 0.15) is 39.0 Å². The van der Waals surface area contributed by atoms with Crippen molar-refractivity contribution in [3.05, 3.63) is 29.8 Å². The van der Waals surface area contributed by atoms with Crippen LogP contribution in [-0.4, -0.2) is 22.5 Å². The van der Waals surface area contributed by atoms with Crippen LogP contribution in [0.4, 0.5) is 8.78 Å². The molecule has 1 aromatic rings. The van der Waals surface area contributed by atoms with Gasteiger partial charge in [-0.2, -0.15) is 0 Å². The first-order valence-corrected chi connectivity index (χ1v) is 9.00. The van der Waals surface area contributed by atoms with Crippen LogP contribution in [0.5, 0.6) is 0 Å². The van der Waals surface area contributed by atoms with Gasteiger partial charge >= 0.3 is 0 Å². The van der Waals surface area contributed by atoms with E-state index in [1.54, 1.807) is 0 Å². The Morgan fingerprint density at radius 3 is 2.67 bits per heavy atom. The summed E-state index contributed by atoms with van der Waals surface area (Å²) in [6.45, 7) is 2.97. The highest BCUT2D eigenvalue weighted by Gasteiger charge is 2.27. The van der Waals surface area contributed by atoms with Crippen molar-refractivity contribution in [3.8, 4) is 0 Å². The molecular formula is C16H23F2NOS. The van der Waals surface area contributed by atoms with E-state index in [9.17, 15) is 13.0 Å². The van der Waals surface area contributed by atoms with E-state index in [4.69, 9.17) is 0 Å². The maximum Gasteiger partial charge on any atom is 0.142 e. The lowest BCUT2D eigenvalue weighted by molar-refractivity contribution is 0.385. The topological polar surface area (TPSA) is 29.1 Å². The largest absolute Gasteiger partial charge is 0.313 e. The second-order valence-corrected chi connectivity index (χ2v) is 7.16. The zero-order valence-electron chi connectivity index (χ0n) is 12.4. The summed E-state index contributed by atoms with van der Waals surface area (Å²) in [7, 11) is -1.44. The number of halogens is 2. The molecule has 0 heterocycles. The first-order chi connectivity index (χ1) is 10.1. The first kappa shape index (κ1) is 16.6. The van der Waals surface area contributed by atoms with E-state index in [0.29, 0.717) is 11.7 Å². The fourth-order valence-corrected chi connectivity index (χ4v) is 4.36. The highest BCUT2D eigenvalue weighted by molar-refractivity contribution is 7.85. The summed E-state index contributed by atoms with van der Waals surface area (Å²) in [6, 6.07) is 3.42. The van der Waals surface area contributed by atoms with Crippen LogP contribution in [0.25, 0.3) is 0 Å². The van der Waals surface area contributed by atoms with E-state index in [-0.39, 0.29) is 10.9 Å². The molecule has 5 heteroatoms. The SMILES string of the molecule is CCCNC(CS(=O)c1ccc(F)cc1F)C1CCCC1. The summed E-state index contributed by atoms with van der Waals surface area (Å²) < 4.78 is 39.1. The number of hydrogen-bond acceptors (Lipinski definition) is 2. The Kier molecular flexibility index (Phi) is 6.30. The maximum atomic E-state index is 13.7. The molecule has 118 valence electrons. The number of hydrogen-bond donors (Lipinski definition) is 1. The molecule has 1 aromatic carbocycles. The highest BCUT2D eigenvalue weighted by atomic mass is 32.2. The molecule has 2 nitrogen and oxygen atoms in total. The zero-order chi connectivity index (χ0) is 15.2. The fraction of sp³-hybridized carbons (Fsp3) is 0.625. The molecule has 1 aliphatic carbocycles. The Balaban J connectivity index is 2.05. The van der Waals surface area contributed by atoms with Crippen molar-refractivity contribution in [1.82, 2.24) is 5.32 Å². The maximum absolute atomic E-state index is 13.7. The monoisotopic (exact) mass is 315 g/mol. The van der Waals surface area contributed by atoms with Crippen LogP contribution >= 0.6 is 0 Å². The smallest absolute Gasteiger partial charge is 0.142 e. The molecule has 0 spiro atoms. The average Bonchev–Trinajstić information content (AvgIpc) is 2.97. The molecule has 0 aliphatic heterocycles. The predicted molar refractivity (Wildman–Crippen MR) is 81.7 cm³/mol. The molecule has 2 unspecified atom stereocenters. The number of nitrogens with one attached hydrogen (secondary N) is 1. The van der Waals surface area contributed by atoms with Crippen LogP contribution in [0.15, 0.2) is 23.1 Å². The standard InChI is InChI=1S/C16H23F2NOS/c1-2-9-19-15(12-5-3-4-6-12)11-21(20)16-8-7-13(17)10-14(16)18/h7-8,10,12,15,19H,2-6,9,11H2,1H3. The van der Waals surface area contributed by atoms with Gasteiger partial charge in [0.2, 0.25) is 0 Å². The first-order valence-electron chi connectivity index (χ1n) is 7.68. The third-order valence-electron chi connectivity index (χ3n) is 4.10. The van der Waals surface area contributed by atoms with E-state index in [1.165, 1.54) is 25.0 Å². The van der Waals surface area contributed by atoms with Gasteiger partial charge < -0.3 is 5.32 Å². The lowest BCUT2D eigenvalue weighted by Gasteiger charge is -2.24. The van der Waals surface area contributed by atoms with Crippen LogP contribution in [-0.2, 0) is 10.8 Å². The van der Waals surface area contributed by atoms with Gasteiger partial charge in [-0.1, -0.05) is 19.8 Å². The molecule has 2 rings (SSSR count). The Morgan fingerprint density at radius 2 is 2.05 bits per heavy atom. The molecule has 0 bridgehead atoms. The van der Waals surface area contributed by atoms with Crippen molar-refractivity contribution in [2.24, 2.45) is 5.92 Å². The Morgan fingerprint density at radius 1 is 1.33 bits per heavy atom. The van der Waals surface area contributed by atoms with Crippen molar-refractivity contribution in [3.63, 3.8) is 0 Å². The Bertz CT molecular complexity index is 489. The van der Waals surface area contributed by atoms with Crippen LogP contribution < -0.4 is 5.32 Å². The lowest BCUT2D eigenvalue weighted by atomic mass is 10.00. The van der Waals surface area contributed by atoms with Gasteiger partial charge in [0, 0.05) is 17.9 Å². The minimum atomic E-state index is -1.44. The van der Waals surface area contributed by atoms with Gasteiger partial charge in [-0.3, -0.25) is 4.21 Å².